The second kappa shape index (κ2) is 10.8. The predicted molar refractivity (Wildman–Crippen MR) is 84.6 cm³/mol. The molecule has 0 aromatic carbocycles. The van der Waals surface area contributed by atoms with Crippen LogP contribution in [-0.4, -0.2) is 21.0 Å². The fourth-order valence-corrected chi connectivity index (χ4v) is 2.25. The van der Waals surface area contributed by atoms with Crippen molar-refractivity contribution in [1.29, 1.82) is 0 Å². The first-order valence-corrected chi connectivity index (χ1v) is 8.34. The summed E-state index contributed by atoms with van der Waals surface area (Å²) in [6.45, 7) is 8.37. The van der Waals surface area contributed by atoms with Crippen molar-refractivity contribution >= 4 is 0 Å². The van der Waals surface area contributed by atoms with E-state index in [1.165, 1.54) is 51.4 Å². The topological polar surface area (TPSA) is 42.7 Å². The molecule has 0 aliphatic rings. The van der Waals surface area contributed by atoms with Gasteiger partial charge in [-0.25, -0.2) is 0 Å². The number of hydrogen-bond donors (Lipinski definition) is 1. The molecule has 0 bridgehead atoms. The van der Waals surface area contributed by atoms with Gasteiger partial charge in [-0.15, -0.1) is 5.10 Å². The van der Waals surface area contributed by atoms with Crippen LogP contribution in [0.25, 0.3) is 0 Å². The van der Waals surface area contributed by atoms with Gasteiger partial charge in [0.1, 0.15) is 0 Å². The highest BCUT2D eigenvalue weighted by Gasteiger charge is 2.01. The maximum Gasteiger partial charge on any atom is 0.0964 e. The molecule has 0 unspecified atom stereocenters. The van der Waals surface area contributed by atoms with Gasteiger partial charge in [0.25, 0.3) is 0 Å². The van der Waals surface area contributed by atoms with Crippen molar-refractivity contribution in [2.75, 3.05) is 0 Å². The second-order valence-electron chi connectivity index (χ2n) is 5.98. The molecule has 0 spiro atoms. The van der Waals surface area contributed by atoms with Crippen LogP contribution >= 0.6 is 0 Å². The molecule has 0 aliphatic heterocycles. The van der Waals surface area contributed by atoms with Gasteiger partial charge in [-0.05, 0) is 6.42 Å². The van der Waals surface area contributed by atoms with E-state index in [1.807, 2.05) is 4.68 Å². The summed E-state index contributed by atoms with van der Waals surface area (Å²) in [6.07, 6.45) is 12.9. The Kier molecular flexibility index (Phi) is 9.29. The number of nitrogens with zero attached hydrogens (tertiary/aromatic N) is 3. The number of hydrogen-bond acceptors (Lipinski definition) is 3. The Morgan fingerprint density at radius 1 is 1.05 bits per heavy atom. The molecular formula is C16H32N4. The third-order valence-electron chi connectivity index (χ3n) is 3.52. The van der Waals surface area contributed by atoms with Crippen molar-refractivity contribution in [1.82, 2.24) is 20.3 Å². The van der Waals surface area contributed by atoms with Gasteiger partial charge in [-0.1, -0.05) is 70.9 Å². The van der Waals surface area contributed by atoms with Gasteiger partial charge in [-0.2, -0.15) is 0 Å². The Hall–Kier alpha value is -0.900. The number of unbranched alkanes of at least 4 members (excludes halogenated alkanes) is 7. The number of rotatable bonds is 12. The van der Waals surface area contributed by atoms with Crippen molar-refractivity contribution in [3.05, 3.63) is 11.9 Å². The fourth-order valence-electron chi connectivity index (χ4n) is 2.25. The summed E-state index contributed by atoms with van der Waals surface area (Å²) >= 11 is 0. The Morgan fingerprint density at radius 3 is 2.35 bits per heavy atom. The van der Waals surface area contributed by atoms with E-state index in [4.69, 9.17) is 0 Å². The highest BCUT2D eigenvalue weighted by molar-refractivity contribution is 4.91. The highest BCUT2D eigenvalue weighted by atomic mass is 15.4. The zero-order chi connectivity index (χ0) is 14.6. The van der Waals surface area contributed by atoms with Crippen molar-refractivity contribution < 1.29 is 0 Å². The van der Waals surface area contributed by atoms with Gasteiger partial charge in [-0.3, -0.25) is 4.68 Å². The lowest BCUT2D eigenvalue weighted by Crippen LogP contribution is -2.21. The summed E-state index contributed by atoms with van der Waals surface area (Å²) in [4.78, 5) is 0. The van der Waals surface area contributed by atoms with E-state index in [0.717, 1.165) is 18.8 Å². The average Bonchev–Trinajstić information content (AvgIpc) is 2.87. The smallest absolute Gasteiger partial charge is 0.0964 e. The Morgan fingerprint density at radius 2 is 1.70 bits per heavy atom. The van der Waals surface area contributed by atoms with E-state index in [9.17, 15) is 0 Å². The average molecular weight is 280 g/mol. The van der Waals surface area contributed by atoms with Gasteiger partial charge < -0.3 is 5.32 Å². The van der Waals surface area contributed by atoms with Crippen LogP contribution in [0.5, 0.6) is 0 Å². The van der Waals surface area contributed by atoms with E-state index >= 15 is 0 Å². The van der Waals surface area contributed by atoms with Crippen molar-refractivity contribution in [2.24, 2.45) is 0 Å². The molecule has 1 heterocycles. The SMILES string of the molecule is CCCCCCCCCCn1cc(CNC(C)C)nn1. The summed E-state index contributed by atoms with van der Waals surface area (Å²) in [5.41, 5.74) is 1.04. The van der Waals surface area contributed by atoms with Crippen LogP contribution in [0, 0.1) is 0 Å². The van der Waals surface area contributed by atoms with Crippen LogP contribution in [0.3, 0.4) is 0 Å². The third-order valence-corrected chi connectivity index (χ3v) is 3.52. The first-order valence-electron chi connectivity index (χ1n) is 8.34. The van der Waals surface area contributed by atoms with Crippen molar-refractivity contribution in [3.8, 4) is 0 Å². The normalized spacial score (nSPS) is 11.4. The first-order chi connectivity index (χ1) is 9.72. The molecule has 20 heavy (non-hydrogen) atoms. The maximum absolute atomic E-state index is 4.19. The molecule has 116 valence electrons. The lowest BCUT2D eigenvalue weighted by molar-refractivity contribution is 0.510. The lowest BCUT2D eigenvalue weighted by atomic mass is 10.1. The third kappa shape index (κ3) is 8.31. The molecular weight excluding hydrogens is 248 g/mol. The van der Waals surface area contributed by atoms with E-state index < -0.39 is 0 Å². The molecule has 0 aliphatic carbocycles. The van der Waals surface area contributed by atoms with Crippen LogP contribution in [0.2, 0.25) is 0 Å². The molecule has 0 radical (unpaired) electrons. The minimum absolute atomic E-state index is 0.493. The molecule has 1 aromatic heterocycles. The van der Waals surface area contributed by atoms with Crippen LogP contribution in [-0.2, 0) is 13.1 Å². The van der Waals surface area contributed by atoms with E-state index in [-0.39, 0.29) is 0 Å². The van der Waals surface area contributed by atoms with Crippen molar-refractivity contribution in [2.45, 2.75) is 91.3 Å². The summed E-state index contributed by atoms with van der Waals surface area (Å²) < 4.78 is 1.98. The lowest BCUT2D eigenvalue weighted by Gasteiger charge is -2.04. The van der Waals surface area contributed by atoms with Gasteiger partial charge in [0.05, 0.1) is 5.69 Å². The standard InChI is InChI=1S/C16H32N4/c1-4-5-6-7-8-9-10-11-12-20-14-16(18-19-20)13-17-15(2)3/h14-15,17H,4-13H2,1-3H3. The molecule has 1 aromatic rings. The van der Waals surface area contributed by atoms with E-state index in [2.05, 4.69) is 42.6 Å². The zero-order valence-corrected chi connectivity index (χ0v) is 13.6. The van der Waals surface area contributed by atoms with Crippen LogP contribution in [0.15, 0.2) is 6.20 Å². The number of nitrogens with one attached hydrogen (secondary N) is 1. The number of aryl methyl sites for hydroxylation is 1. The highest BCUT2D eigenvalue weighted by Crippen LogP contribution is 2.09. The molecule has 1 rings (SSSR count). The Balaban J connectivity index is 2.01. The molecule has 0 atom stereocenters. The summed E-state index contributed by atoms with van der Waals surface area (Å²) in [5, 5.41) is 11.7. The second-order valence-corrected chi connectivity index (χ2v) is 5.98. The number of aromatic nitrogens is 3. The molecule has 0 saturated heterocycles. The van der Waals surface area contributed by atoms with Crippen LogP contribution in [0.4, 0.5) is 0 Å². The summed E-state index contributed by atoms with van der Waals surface area (Å²) in [6, 6.07) is 0.493. The molecule has 0 fully saturated rings. The van der Waals surface area contributed by atoms with Gasteiger partial charge >= 0.3 is 0 Å². The largest absolute Gasteiger partial charge is 0.309 e. The van der Waals surface area contributed by atoms with E-state index in [0.29, 0.717) is 6.04 Å². The molecule has 4 nitrogen and oxygen atoms in total. The van der Waals surface area contributed by atoms with Gasteiger partial charge in [0, 0.05) is 25.3 Å². The summed E-state index contributed by atoms with van der Waals surface area (Å²) in [5.74, 6) is 0. The molecule has 0 saturated carbocycles. The molecule has 4 heteroatoms. The van der Waals surface area contributed by atoms with Gasteiger partial charge in [0.2, 0.25) is 0 Å². The minimum Gasteiger partial charge on any atom is -0.309 e. The quantitative estimate of drug-likeness (QED) is 0.590. The minimum atomic E-state index is 0.493. The van der Waals surface area contributed by atoms with Crippen LogP contribution in [0.1, 0.15) is 77.8 Å². The first kappa shape index (κ1) is 17.2. The maximum atomic E-state index is 4.19. The Labute approximate surface area is 124 Å². The van der Waals surface area contributed by atoms with Crippen molar-refractivity contribution in [3.63, 3.8) is 0 Å². The monoisotopic (exact) mass is 280 g/mol. The van der Waals surface area contributed by atoms with E-state index in [1.54, 1.807) is 0 Å². The van der Waals surface area contributed by atoms with Crippen LogP contribution < -0.4 is 5.32 Å². The zero-order valence-electron chi connectivity index (χ0n) is 13.6. The summed E-state index contributed by atoms with van der Waals surface area (Å²) in [7, 11) is 0. The molecule has 0 amide bonds. The van der Waals surface area contributed by atoms with Gasteiger partial charge in [0.15, 0.2) is 0 Å². The predicted octanol–water partition coefficient (Wildman–Crippen LogP) is 3.92. The molecule has 1 N–H and O–H groups in total. The fraction of sp³-hybridized carbons (Fsp3) is 0.875. The Bertz CT molecular complexity index is 333.